The number of nitrogens with zero attached hydrogens (tertiary/aromatic N) is 7. The molecule has 2 aromatic heterocycles. The molecule has 252 valence electrons. The van der Waals surface area contributed by atoms with E-state index in [9.17, 15) is 14.4 Å². The number of benzene rings is 2. The number of likely N-dealkylation sites (N-methyl/N-ethyl adjacent to an activating group) is 1. The molecule has 14 heteroatoms. The molecule has 0 aliphatic carbocycles. The van der Waals surface area contributed by atoms with E-state index in [1.165, 1.54) is 18.2 Å². The molecule has 3 aliphatic rings. The van der Waals surface area contributed by atoms with Crippen molar-refractivity contribution in [2.45, 2.75) is 56.4 Å². The summed E-state index contributed by atoms with van der Waals surface area (Å²) in [6, 6.07) is 6.32. The van der Waals surface area contributed by atoms with Crippen molar-refractivity contribution in [3.63, 3.8) is 0 Å². The molecule has 2 aromatic carbocycles. The number of anilines is 2. The summed E-state index contributed by atoms with van der Waals surface area (Å²) in [5.41, 5.74) is 6.86. The van der Waals surface area contributed by atoms with Gasteiger partial charge in [-0.2, -0.15) is 15.2 Å². The molecule has 1 unspecified atom stereocenters. The Kier molecular flexibility index (Phi) is 8.34. The molecule has 0 radical (unpaired) electrons. The Hall–Kier alpha value is -4.56. The summed E-state index contributed by atoms with van der Waals surface area (Å²) >= 11 is 8.18. The zero-order valence-electron chi connectivity index (χ0n) is 27.0. The van der Waals surface area contributed by atoms with Crippen LogP contribution in [0.1, 0.15) is 38.2 Å². The van der Waals surface area contributed by atoms with Crippen LogP contribution in [0.5, 0.6) is 6.01 Å². The molecule has 2 N–H and O–H groups in total. The molecular formula is C35H33ClF2N8O2S. The number of hydrogen-bond donors (Lipinski definition) is 1. The third kappa shape index (κ3) is 5.23. The van der Waals surface area contributed by atoms with Crippen molar-refractivity contribution >= 4 is 66.3 Å². The van der Waals surface area contributed by atoms with E-state index in [2.05, 4.69) is 22.4 Å². The van der Waals surface area contributed by atoms with Crippen LogP contribution in [0.3, 0.4) is 0 Å². The highest BCUT2D eigenvalue weighted by Gasteiger charge is 2.49. The third-order valence-corrected chi connectivity index (χ3v) is 11.8. The van der Waals surface area contributed by atoms with E-state index in [4.69, 9.17) is 38.6 Å². The van der Waals surface area contributed by atoms with Crippen LogP contribution < -0.4 is 15.4 Å². The van der Waals surface area contributed by atoms with Crippen molar-refractivity contribution in [3.8, 4) is 23.2 Å². The van der Waals surface area contributed by atoms with Gasteiger partial charge in [0.15, 0.2) is 0 Å². The maximum atomic E-state index is 15.0. The number of carbonyl (C=O) groups excluding carboxylic acids is 1. The van der Waals surface area contributed by atoms with E-state index >= 15 is 4.39 Å². The van der Waals surface area contributed by atoms with Gasteiger partial charge in [-0.05, 0) is 56.5 Å². The van der Waals surface area contributed by atoms with Gasteiger partial charge in [0.25, 0.3) is 0 Å². The predicted molar refractivity (Wildman–Crippen MR) is 187 cm³/mol. The Morgan fingerprint density at radius 1 is 1.41 bits per heavy atom. The number of halogens is 3. The molecule has 1 amide bonds. The maximum Gasteiger partial charge on any atom is 0.319 e. The topological polar surface area (TPSA) is 116 Å². The van der Waals surface area contributed by atoms with Crippen LogP contribution in [-0.4, -0.2) is 82.8 Å². The summed E-state index contributed by atoms with van der Waals surface area (Å²) < 4.78 is 36.1. The average Bonchev–Trinajstić information content (AvgIpc) is 3.84. The lowest BCUT2D eigenvalue weighted by Crippen LogP contribution is -2.44. The summed E-state index contributed by atoms with van der Waals surface area (Å²) in [6.45, 7) is 15.2. The summed E-state index contributed by atoms with van der Waals surface area (Å²) in [4.78, 5) is 31.6. The summed E-state index contributed by atoms with van der Waals surface area (Å²) in [6.07, 6.45) is 3.12. The van der Waals surface area contributed by atoms with Crippen molar-refractivity contribution in [3.05, 3.63) is 58.7 Å². The van der Waals surface area contributed by atoms with Crippen LogP contribution in [-0.2, 0) is 4.79 Å². The maximum absolute atomic E-state index is 15.0. The summed E-state index contributed by atoms with van der Waals surface area (Å²) in [5, 5.41) is 11.5. The fourth-order valence-electron chi connectivity index (χ4n) is 8.04. The van der Waals surface area contributed by atoms with Gasteiger partial charge in [-0.1, -0.05) is 24.2 Å². The van der Waals surface area contributed by atoms with Gasteiger partial charge in [0, 0.05) is 48.9 Å². The molecular weight excluding hydrogens is 670 g/mol. The minimum Gasteiger partial charge on any atom is -0.461 e. The van der Waals surface area contributed by atoms with Crippen molar-refractivity contribution in [1.82, 2.24) is 19.8 Å². The zero-order chi connectivity index (χ0) is 34.8. The largest absolute Gasteiger partial charge is 0.461 e. The van der Waals surface area contributed by atoms with Gasteiger partial charge in [-0.3, -0.25) is 9.69 Å². The van der Waals surface area contributed by atoms with Gasteiger partial charge in [0.1, 0.15) is 24.4 Å². The first kappa shape index (κ1) is 33.0. The van der Waals surface area contributed by atoms with Crippen LogP contribution in [0.15, 0.2) is 30.9 Å². The number of fused-ring (bicyclic) bond motifs is 3. The first-order valence-corrected chi connectivity index (χ1v) is 17.2. The third-order valence-electron chi connectivity index (χ3n) is 10.4. The lowest BCUT2D eigenvalue weighted by Gasteiger charge is -2.33. The Morgan fingerprint density at radius 3 is 2.94 bits per heavy atom. The molecule has 5 heterocycles. The number of hydrogen-bond acceptors (Lipinski definition) is 9. The van der Waals surface area contributed by atoms with E-state index in [0.29, 0.717) is 42.7 Å². The lowest BCUT2D eigenvalue weighted by atomic mass is 9.94. The first-order chi connectivity index (χ1) is 23.5. The fourth-order valence-corrected chi connectivity index (χ4v) is 9.33. The monoisotopic (exact) mass is 702 g/mol. The van der Waals surface area contributed by atoms with E-state index in [1.807, 2.05) is 18.9 Å². The van der Waals surface area contributed by atoms with E-state index in [-0.39, 0.29) is 73.0 Å². The van der Waals surface area contributed by atoms with Gasteiger partial charge >= 0.3 is 6.01 Å². The van der Waals surface area contributed by atoms with Gasteiger partial charge in [-0.25, -0.2) is 13.6 Å². The SMILES string of the molecule is [C-]#[N+]c1c(N)sc2c(F)ccc(-c3c(C#N)cc4c(N(C)C5CCN(C(=O)C=C)[C@@H]5C)nc(OC[C@@]56CCCN5C[C@H](F)C6)nc4c3Cl)c12. The fraction of sp³-hybridized carbons (Fsp3) is 0.400. The number of aromatic nitrogens is 2. The van der Waals surface area contributed by atoms with Gasteiger partial charge in [-0.15, -0.1) is 11.3 Å². The van der Waals surface area contributed by atoms with Crippen LogP contribution in [0.2, 0.25) is 5.02 Å². The molecule has 0 saturated carbocycles. The number of nitriles is 1. The van der Waals surface area contributed by atoms with Gasteiger partial charge in [0.2, 0.25) is 11.6 Å². The van der Waals surface area contributed by atoms with Crippen LogP contribution in [0, 0.1) is 23.7 Å². The van der Waals surface area contributed by atoms with Gasteiger partial charge < -0.3 is 20.3 Å². The molecule has 3 aliphatic heterocycles. The number of amides is 1. The molecule has 10 nitrogen and oxygen atoms in total. The molecule has 0 bridgehead atoms. The van der Waals surface area contributed by atoms with Crippen molar-refractivity contribution in [2.75, 3.05) is 43.9 Å². The van der Waals surface area contributed by atoms with Crippen LogP contribution in [0.4, 0.5) is 25.3 Å². The van der Waals surface area contributed by atoms with Crippen molar-refractivity contribution < 1.29 is 18.3 Å². The second kappa shape index (κ2) is 12.4. The average molecular weight is 703 g/mol. The molecule has 3 saturated heterocycles. The number of carbonyl (C=O) groups is 1. The van der Waals surface area contributed by atoms with Crippen molar-refractivity contribution in [1.29, 1.82) is 5.26 Å². The molecule has 4 aromatic rings. The normalized spacial score (nSPS) is 23.5. The highest BCUT2D eigenvalue weighted by atomic mass is 35.5. The number of thiophene rings is 1. The molecule has 49 heavy (non-hydrogen) atoms. The molecule has 3 fully saturated rings. The number of rotatable bonds is 7. The van der Waals surface area contributed by atoms with Gasteiger partial charge in [0.05, 0.1) is 50.0 Å². The van der Waals surface area contributed by atoms with E-state index in [0.717, 1.165) is 30.7 Å². The zero-order valence-corrected chi connectivity index (χ0v) is 28.5. The highest BCUT2D eigenvalue weighted by Crippen LogP contribution is 2.50. The quantitative estimate of drug-likeness (QED) is 0.164. The Bertz CT molecular complexity index is 2130. The van der Waals surface area contributed by atoms with E-state index < -0.39 is 17.5 Å². The lowest BCUT2D eigenvalue weighted by molar-refractivity contribution is -0.126. The Labute approximate surface area is 291 Å². The number of nitrogen functional groups attached to an aromatic ring is 1. The highest BCUT2D eigenvalue weighted by molar-refractivity contribution is 7.23. The summed E-state index contributed by atoms with van der Waals surface area (Å²) in [7, 11) is 1.87. The second-order valence-corrected chi connectivity index (χ2v) is 14.4. The summed E-state index contributed by atoms with van der Waals surface area (Å²) in [5.74, 6) is -0.266. The molecule has 4 atom stereocenters. The predicted octanol–water partition coefficient (Wildman–Crippen LogP) is 6.88. The van der Waals surface area contributed by atoms with Crippen molar-refractivity contribution in [2.24, 2.45) is 0 Å². The number of likely N-dealkylation sites (tertiary alicyclic amines) is 1. The molecule has 0 spiro atoms. The minimum absolute atomic E-state index is 0.0333. The molecule has 7 rings (SSSR count). The Balaban J connectivity index is 1.41. The first-order valence-electron chi connectivity index (χ1n) is 16.0. The number of ether oxygens (including phenoxy) is 1. The van der Waals surface area contributed by atoms with E-state index in [1.54, 1.807) is 11.0 Å². The standard InChI is InChI=1S/C35H33ClF2N8O2S/c1-5-25(47)46-12-9-24(18(46)2)44(4)33-22-13-19(15-39)26(21-7-8-23(38)31-27(21)30(41-3)32(40)49-31)28(36)29(22)42-34(43-33)48-17-35-10-6-11-45(35)16-20(37)14-35/h5,7-8,13,18,20,24H,1,6,9-12,14,16-17,40H2,2,4H3/t18-,20-,24?,35+/m1/s1. The minimum atomic E-state index is -0.936. The van der Waals surface area contributed by atoms with Crippen LogP contribution in [0.25, 0.3) is 37.0 Å². The number of alkyl halides is 1. The number of nitrogens with two attached hydrogens (primary N) is 1. The Morgan fingerprint density at radius 2 is 2.20 bits per heavy atom. The van der Waals surface area contributed by atoms with Crippen LogP contribution >= 0.6 is 22.9 Å². The smallest absolute Gasteiger partial charge is 0.319 e. The second-order valence-electron chi connectivity index (χ2n) is 13.0.